The van der Waals surface area contributed by atoms with Crippen LogP contribution in [0.15, 0.2) is 54.7 Å². The molecule has 5 N–H and O–H groups in total. The lowest BCUT2D eigenvalue weighted by atomic mass is 10.2. The molecule has 0 spiro atoms. The highest BCUT2D eigenvalue weighted by molar-refractivity contribution is 7.59. The van der Waals surface area contributed by atoms with Gasteiger partial charge in [0.2, 0.25) is 5.95 Å². The quantitative estimate of drug-likeness (QED) is 0.341. The first-order valence-corrected chi connectivity index (χ1v) is 12.2. The van der Waals surface area contributed by atoms with Crippen LogP contribution in [0.4, 0.5) is 11.8 Å². The van der Waals surface area contributed by atoms with Gasteiger partial charge in [0.1, 0.15) is 5.82 Å². The topological polar surface area (TPSA) is 117 Å². The Labute approximate surface area is 181 Å². The Morgan fingerprint density at radius 3 is 2.71 bits per heavy atom. The molecular formula is C22H25N8P. The number of pyridine rings is 1. The van der Waals surface area contributed by atoms with Crippen molar-refractivity contribution in [2.45, 2.75) is 25.4 Å². The van der Waals surface area contributed by atoms with Gasteiger partial charge in [0.25, 0.3) is 0 Å². The molecule has 4 heterocycles. The minimum absolute atomic E-state index is 0.309. The molecule has 0 aliphatic carbocycles. The highest BCUT2D eigenvalue weighted by Crippen LogP contribution is 2.40. The molecule has 1 fully saturated rings. The lowest BCUT2D eigenvalue weighted by Gasteiger charge is -2.26. The maximum Gasteiger partial charge on any atom is 0.228 e. The number of rotatable bonds is 6. The number of aromatic amines is 1. The summed E-state index contributed by atoms with van der Waals surface area (Å²) >= 11 is 0. The number of anilines is 2. The highest BCUT2D eigenvalue weighted by atomic mass is 31.1. The fourth-order valence-corrected chi connectivity index (χ4v) is 5.79. The number of fused-ring (bicyclic) bond motifs is 1. The van der Waals surface area contributed by atoms with E-state index in [1.807, 2.05) is 42.6 Å². The summed E-state index contributed by atoms with van der Waals surface area (Å²) in [7, 11) is -0.309. The van der Waals surface area contributed by atoms with Gasteiger partial charge in [-0.15, -0.1) is 0 Å². The van der Waals surface area contributed by atoms with Crippen molar-refractivity contribution in [2.24, 2.45) is 5.73 Å². The molecule has 4 aromatic rings. The molecule has 1 aliphatic heterocycles. The second-order valence-electron chi connectivity index (χ2n) is 7.71. The lowest BCUT2D eigenvalue weighted by Crippen LogP contribution is -2.27. The second-order valence-corrected chi connectivity index (χ2v) is 9.91. The molecule has 0 bridgehead atoms. The van der Waals surface area contributed by atoms with Crippen LogP contribution in [0.2, 0.25) is 0 Å². The van der Waals surface area contributed by atoms with E-state index in [1.165, 1.54) is 5.56 Å². The molecule has 1 aromatic carbocycles. The molecule has 5 rings (SSSR count). The second kappa shape index (κ2) is 8.96. The molecule has 0 amide bonds. The van der Waals surface area contributed by atoms with Gasteiger partial charge in [-0.25, -0.2) is 9.97 Å². The normalized spacial score (nSPS) is 18.7. The van der Waals surface area contributed by atoms with Gasteiger partial charge in [0.05, 0.1) is 16.8 Å². The third kappa shape index (κ3) is 4.65. The van der Waals surface area contributed by atoms with Gasteiger partial charge in [-0.2, -0.15) is 10.1 Å². The Morgan fingerprint density at radius 1 is 1.03 bits per heavy atom. The van der Waals surface area contributed by atoms with Gasteiger partial charge in [0.15, 0.2) is 5.65 Å². The van der Waals surface area contributed by atoms with Crippen LogP contribution < -0.4 is 16.1 Å². The maximum atomic E-state index is 6.01. The third-order valence-corrected chi connectivity index (χ3v) is 7.54. The average Bonchev–Trinajstić information content (AvgIpc) is 3.23. The van der Waals surface area contributed by atoms with E-state index in [0.717, 1.165) is 47.8 Å². The van der Waals surface area contributed by atoms with E-state index in [4.69, 9.17) is 10.7 Å². The van der Waals surface area contributed by atoms with E-state index in [0.29, 0.717) is 24.2 Å². The Morgan fingerprint density at radius 2 is 1.87 bits per heavy atom. The number of aromatic nitrogens is 5. The van der Waals surface area contributed by atoms with Crippen LogP contribution in [0.5, 0.6) is 0 Å². The van der Waals surface area contributed by atoms with Gasteiger partial charge >= 0.3 is 0 Å². The summed E-state index contributed by atoms with van der Waals surface area (Å²) in [4.78, 5) is 13.9. The zero-order chi connectivity index (χ0) is 21.0. The molecule has 8 nitrogen and oxygen atoms in total. The third-order valence-electron chi connectivity index (χ3n) is 5.43. The number of nitrogens with two attached hydrogens (primary N) is 1. The van der Waals surface area contributed by atoms with Crippen molar-refractivity contribution in [3.63, 3.8) is 0 Å². The SMILES string of the molecule is NC1CCP(Nc2ncc3c(-c4cccc(NCc5ccccc5)n4)[nH]nc3n2)CC1. The van der Waals surface area contributed by atoms with E-state index < -0.39 is 0 Å². The van der Waals surface area contributed by atoms with Gasteiger partial charge < -0.3 is 16.1 Å². The molecule has 3 aromatic heterocycles. The fraction of sp³-hybridized carbons (Fsp3) is 0.273. The first-order valence-electron chi connectivity index (χ1n) is 10.5. The van der Waals surface area contributed by atoms with Crippen molar-refractivity contribution in [1.29, 1.82) is 0 Å². The van der Waals surface area contributed by atoms with E-state index in [-0.39, 0.29) is 8.07 Å². The molecule has 1 aliphatic rings. The van der Waals surface area contributed by atoms with E-state index in [1.54, 1.807) is 0 Å². The molecular weight excluding hydrogens is 407 g/mol. The minimum Gasteiger partial charge on any atom is -0.366 e. The van der Waals surface area contributed by atoms with Crippen LogP contribution >= 0.6 is 8.07 Å². The van der Waals surface area contributed by atoms with Crippen LogP contribution in [0.3, 0.4) is 0 Å². The van der Waals surface area contributed by atoms with Crippen molar-refractivity contribution in [1.82, 2.24) is 25.1 Å². The predicted octanol–water partition coefficient (Wildman–Crippen LogP) is 3.96. The number of H-pyrrole nitrogens is 1. The summed E-state index contributed by atoms with van der Waals surface area (Å²) < 4.78 is 0. The molecule has 0 unspecified atom stereocenters. The average molecular weight is 432 g/mol. The molecule has 0 saturated carbocycles. The molecule has 1 saturated heterocycles. The Bertz CT molecular complexity index is 1150. The monoisotopic (exact) mass is 432 g/mol. The first kappa shape index (κ1) is 19.8. The van der Waals surface area contributed by atoms with Gasteiger partial charge in [-0.05, 0) is 50.9 Å². The van der Waals surface area contributed by atoms with Gasteiger partial charge in [-0.1, -0.05) is 36.4 Å². The number of nitrogens with one attached hydrogen (secondary N) is 3. The van der Waals surface area contributed by atoms with Crippen LogP contribution in [0, 0.1) is 0 Å². The zero-order valence-electron chi connectivity index (χ0n) is 17.1. The summed E-state index contributed by atoms with van der Waals surface area (Å²) in [5, 5.41) is 15.2. The van der Waals surface area contributed by atoms with E-state index >= 15 is 0 Å². The van der Waals surface area contributed by atoms with E-state index in [2.05, 4.69) is 42.7 Å². The van der Waals surface area contributed by atoms with Crippen molar-refractivity contribution in [3.05, 3.63) is 60.3 Å². The molecule has 31 heavy (non-hydrogen) atoms. The number of hydrogen-bond donors (Lipinski definition) is 4. The maximum absolute atomic E-state index is 6.01. The highest BCUT2D eigenvalue weighted by Gasteiger charge is 2.19. The fourth-order valence-electron chi connectivity index (χ4n) is 3.67. The number of hydrogen-bond acceptors (Lipinski definition) is 7. The van der Waals surface area contributed by atoms with Crippen molar-refractivity contribution < 1.29 is 0 Å². The van der Waals surface area contributed by atoms with Crippen LogP contribution in [0.25, 0.3) is 22.4 Å². The summed E-state index contributed by atoms with van der Waals surface area (Å²) in [5.74, 6) is 1.44. The van der Waals surface area contributed by atoms with Crippen LogP contribution in [0.1, 0.15) is 18.4 Å². The Kier molecular flexibility index (Phi) is 5.74. The summed E-state index contributed by atoms with van der Waals surface area (Å²) in [5.41, 5.74) is 9.47. The summed E-state index contributed by atoms with van der Waals surface area (Å²) in [6, 6.07) is 16.5. The summed E-state index contributed by atoms with van der Waals surface area (Å²) in [6.45, 7) is 0.715. The first-order chi connectivity index (χ1) is 15.2. The smallest absolute Gasteiger partial charge is 0.228 e. The number of nitrogens with zero attached hydrogens (tertiary/aromatic N) is 4. The molecule has 0 atom stereocenters. The molecule has 9 heteroatoms. The lowest BCUT2D eigenvalue weighted by molar-refractivity contribution is 0.618. The predicted molar refractivity (Wildman–Crippen MR) is 126 cm³/mol. The minimum atomic E-state index is -0.309. The standard InChI is InChI=1S/C22H25N8P/c23-16-9-11-31(12-10-16)30-22-25-14-17-20(28-29-21(17)27-22)18-7-4-8-19(26-18)24-13-15-5-2-1-3-6-15/h1-8,14,16H,9-13,23H2,(H,24,26)(H2,25,27,28,29,30). The van der Waals surface area contributed by atoms with Crippen molar-refractivity contribution >= 4 is 30.9 Å². The Balaban J connectivity index is 1.32. The van der Waals surface area contributed by atoms with Crippen LogP contribution in [-0.4, -0.2) is 43.5 Å². The molecule has 158 valence electrons. The number of benzene rings is 1. The van der Waals surface area contributed by atoms with Gasteiger partial charge in [-0.3, -0.25) is 5.10 Å². The zero-order valence-corrected chi connectivity index (χ0v) is 18.0. The van der Waals surface area contributed by atoms with Crippen LogP contribution in [-0.2, 0) is 6.54 Å². The molecule has 0 radical (unpaired) electrons. The van der Waals surface area contributed by atoms with Crippen molar-refractivity contribution in [3.8, 4) is 11.4 Å². The van der Waals surface area contributed by atoms with E-state index in [9.17, 15) is 0 Å². The Hall–Kier alpha value is -3.09. The summed E-state index contributed by atoms with van der Waals surface area (Å²) in [6.07, 6.45) is 6.16. The van der Waals surface area contributed by atoms with Crippen molar-refractivity contribution in [2.75, 3.05) is 22.7 Å². The van der Waals surface area contributed by atoms with Gasteiger partial charge in [0, 0.05) is 18.8 Å². The largest absolute Gasteiger partial charge is 0.366 e.